The van der Waals surface area contributed by atoms with Crippen LogP contribution < -0.4 is 26.5 Å². The van der Waals surface area contributed by atoms with Crippen LogP contribution in [0.15, 0.2) is 61.2 Å². The van der Waals surface area contributed by atoms with Crippen LogP contribution >= 0.6 is 0 Å². The number of hydrogen-bond acceptors (Lipinski definition) is 3. The molecule has 0 bridgehead atoms. The number of nitrogens with one attached hydrogen (secondary N) is 1. The lowest BCUT2D eigenvalue weighted by atomic mass is 10.3. The molecule has 1 N–H and O–H groups in total. The van der Waals surface area contributed by atoms with Gasteiger partial charge in [-0.15, -0.1) is 0 Å². The average Bonchev–Trinajstić information content (AvgIpc) is 2.55. The fourth-order valence-electron chi connectivity index (χ4n) is 1.27. The van der Waals surface area contributed by atoms with Crippen molar-refractivity contribution in [2.45, 2.75) is 31.8 Å². The Balaban J connectivity index is 0. The predicted octanol–water partition coefficient (Wildman–Crippen LogP) is -0.670. The Morgan fingerprint density at radius 3 is 1.72 bits per heavy atom. The summed E-state index contributed by atoms with van der Waals surface area (Å²) in [4.78, 5) is 2.89. The van der Waals surface area contributed by atoms with Crippen LogP contribution in [0.4, 0.5) is 13.2 Å². The molecule has 0 aliphatic carbocycles. The molecule has 2 rings (SSSR count). The van der Waals surface area contributed by atoms with E-state index < -0.39 is 15.6 Å². The Labute approximate surface area is 156 Å². The van der Waals surface area contributed by atoms with Crippen molar-refractivity contribution >= 4 is 10.1 Å². The zero-order valence-corrected chi connectivity index (χ0v) is 15.9. The van der Waals surface area contributed by atoms with Crippen molar-refractivity contribution in [3.05, 3.63) is 61.2 Å². The van der Waals surface area contributed by atoms with Crippen molar-refractivity contribution < 1.29 is 52.7 Å². The molecular formula is C15H20BrF3N2O3S. The normalized spacial score (nSPS) is 10.3. The first kappa shape index (κ1) is 25.7. The summed E-state index contributed by atoms with van der Waals surface area (Å²) in [5.74, 6) is 0. The number of aromatic nitrogens is 2. The number of unbranched alkanes of at least 4 members (excludes halogenated alkanes) is 1. The van der Waals surface area contributed by atoms with Gasteiger partial charge in [-0.3, -0.25) is 0 Å². The second kappa shape index (κ2) is 13.7. The van der Waals surface area contributed by atoms with Crippen molar-refractivity contribution in [2.75, 3.05) is 0 Å². The Morgan fingerprint density at radius 2 is 1.44 bits per heavy atom. The monoisotopic (exact) mass is 444 g/mol. The molecule has 142 valence electrons. The van der Waals surface area contributed by atoms with Gasteiger partial charge < -0.3 is 21.5 Å². The van der Waals surface area contributed by atoms with Crippen LogP contribution in [0.25, 0.3) is 0 Å². The van der Waals surface area contributed by atoms with Crippen LogP contribution in [0.3, 0.4) is 0 Å². The van der Waals surface area contributed by atoms with Crippen LogP contribution in [0, 0.1) is 0 Å². The Bertz CT molecular complexity index is 615. The molecule has 0 radical (unpaired) electrons. The lowest BCUT2D eigenvalue weighted by molar-refractivity contribution is -0.697. The smallest absolute Gasteiger partial charge is 0.485 e. The van der Waals surface area contributed by atoms with Crippen LogP contribution in [-0.4, -0.2) is 18.5 Å². The van der Waals surface area contributed by atoms with Gasteiger partial charge in [0.15, 0.2) is 34.9 Å². The fourth-order valence-corrected chi connectivity index (χ4v) is 1.27. The molecule has 0 fully saturated rings. The summed E-state index contributed by atoms with van der Waals surface area (Å²) in [6, 6.07) is 12.0. The molecule has 2 aromatic heterocycles. The Kier molecular flexibility index (Phi) is 14.1. The number of pyridine rings is 2. The zero-order chi connectivity index (χ0) is 18.5. The molecule has 0 aliphatic rings. The molecule has 0 atom stereocenters. The van der Waals surface area contributed by atoms with Gasteiger partial charge in [0.1, 0.15) is 6.54 Å². The predicted molar refractivity (Wildman–Crippen MR) is 80.3 cm³/mol. The lowest BCUT2D eigenvalue weighted by Gasteiger charge is -2.08. The van der Waals surface area contributed by atoms with Crippen LogP contribution in [0.5, 0.6) is 0 Å². The van der Waals surface area contributed by atoms with Gasteiger partial charge in [0.2, 0.25) is 0 Å². The quantitative estimate of drug-likeness (QED) is 0.358. The number of aryl methyl sites for hydroxylation is 1. The van der Waals surface area contributed by atoms with Crippen molar-refractivity contribution in [3.8, 4) is 0 Å². The standard InChI is InChI=1S/C9H14N.C5H5N.CHF3O3S.BrH/c1-2-3-7-10-8-5-4-6-9-10;1-2-4-6-5-3-1;2-1(3,4)8(5,6)7;/h4-6,8-9H,2-3,7H2,1H3;1-5H;(H,5,6,7);1H/q+1;;;/p-1. The molecule has 0 unspecified atom stereocenters. The molecule has 25 heavy (non-hydrogen) atoms. The van der Waals surface area contributed by atoms with E-state index >= 15 is 0 Å². The van der Waals surface area contributed by atoms with Crippen LogP contribution in [-0.2, 0) is 16.7 Å². The van der Waals surface area contributed by atoms with E-state index in [1.807, 2.05) is 36.7 Å². The highest BCUT2D eigenvalue weighted by atomic mass is 79.9. The number of hydrogen-bond donors (Lipinski definition) is 0. The first-order chi connectivity index (χ1) is 11.2. The number of H-pyrrole nitrogens is 1. The summed E-state index contributed by atoms with van der Waals surface area (Å²) in [7, 11) is -6.09. The van der Waals surface area contributed by atoms with E-state index in [1.54, 1.807) is 0 Å². The van der Waals surface area contributed by atoms with E-state index in [0.717, 1.165) is 6.54 Å². The topological polar surface area (TPSA) is 75.2 Å². The number of aromatic amines is 1. The maximum absolute atomic E-state index is 10.7. The average molecular weight is 445 g/mol. The number of rotatable bonds is 3. The summed E-state index contributed by atoms with van der Waals surface area (Å²) in [6.45, 7) is 3.36. The van der Waals surface area contributed by atoms with Gasteiger partial charge in [-0.1, -0.05) is 25.5 Å². The molecule has 0 spiro atoms. The second-order valence-corrected chi connectivity index (χ2v) is 5.82. The minimum atomic E-state index is -6.09. The van der Waals surface area contributed by atoms with E-state index in [9.17, 15) is 13.2 Å². The molecule has 2 heterocycles. The number of nitrogens with zero attached hydrogens (tertiary/aromatic N) is 1. The molecule has 0 saturated heterocycles. The summed E-state index contributed by atoms with van der Waals surface area (Å²) >= 11 is 0. The Morgan fingerprint density at radius 1 is 1.00 bits per heavy atom. The third kappa shape index (κ3) is 14.5. The fraction of sp³-hybridized carbons (Fsp3) is 0.333. The maximum atomic E-state index is 10.7. The minimum Gasteiger partial charge on any atom is -1.00 e. The van der Waals surface area contributed by atoms with Crippen LogP contribution in [0.2, 0.25) is 0 Å². The maximum Gasteiger partial charge on any atom is 0.485 e. The highest BCUT2D eigenvalue weighted by Crippen LogP contribution is 2.20. The van der Waals surface area contributed by atoms with Gasteiger partial charge in [-0.25, -0.2) is 18.0 Å². The third-order valence-corrected chi connectivity index (χ3v) is 3.00. The third-order valence-electron chi connectivity index (χ3n) is 2.44. The first-order valence-electron chi connectivity index (χ1n) is 7.05. The first-order valence-corrected chi connectivity index (χ1v) is 8.46. The minimum absolute atomic E-state index is 0. The number of halogens is 4. The van der Waals surface area contributed by atoms with Crippen molar-refractivity contribution in [3.63, 3.8) is 0 Å². The SMILES string of the molecule is CCCC[n+]1ccccc1.O=S(=O)([O-])C(F)(F)F.[Br-].c1cc[nH+]cc1. The molecule has 5 nitrogen and oxygen atoms in total. The van der Waals surface area contributed by atoms with Gasteiger partial charge in [-0.05, 0) is 0 Å². The van der Waals surface area contributed by atoms with Crippen molar-refractivity contribution in [2.24, 2.45) is 0 Å². The Hall–Kier alpha value is -1.52. The van der Waals surface area contributed by atoms with E-state index in [4.69, 9.17) is 13.0 Å². The van der Waals surface area contributed by atoms with Gasteiger partial charge in [-0.2, -0.15) is 13.2 Å². The summed E-state index contributed by atoms with van der Waals surface area (Å²) in [5.41, 5.74) is -5.65. The molecule has 2 aromatic rings. The van der Waals surface area contributed by atoms with Crippen LogP contribution in [0.1, 0.15) is 19.8 Å². The highest BCUT2D eigenvalue weighted by Gasteiger charge is 2.36. The molecule has 0 saturated carbocycles. The molecule has 10 heteroatoms. The highest BCUT2D eigenvalue weighted by molar-refractivity contribution is 7.86. The lowest BCUT2D eigenvalue weighted by Crippen LogP contribution is -3.00. The largest absolute Gasteiger partial charge is 1.00 e. The molecule has 0 aliphatic heterocycles. The summed E-state index contributed by atoms with van der Waals surface area (Å²) in [6.07, 6.45) is 10.5. The van der Waals surface area contributed by atoms with E-state index in [-0.39, 0.29) is 17.0 Å². The van der Waals surface area contributed by atoms with Crippen molar-refractivity contribution in [1.29, 1.82) is 0 Å². The summed E-state index contributed by atoms with van der Waals surface area (Å²) in [5, 5.41) is 0. The van der Waals surface area contributed by atoms with Crippen molar-refractivity contribution in [1.82, 2.24) is 0 Å². The molecule has 0 amide bonds. The van der Waals surface area contributed by atoms with E-state index in [2.05, 4.69) is 41.0 Å². The van der Waals surface area contributed by atoms with E-state index in [0.29, 0.717) is 0 Å². The summed E-state index contributed by atoms with van der Waals surface area (Å²) < 4.78 is 61.1. The van der Waals surface area contributed by atoms with Gasteiger partial charge in [0, 0.05) is 30.7 Å². The van der Waals surface area contributed by atoms with Gasteiger partial charge >= 0.3 is 5.51 Å². The second-order valence-electron chi connectivity index (χ2n) is 4.44. The van der Waals surface area contributed by atoms with E-state index in [1.165, 1.54) is 12.8 Å². The zero-order valence-electron chi connectivity index (χ0n) is 13.5. The van der Waals surface area contributed by atoms with Gasteiger partial charge in [0.05, 0.1) is 0 Å². The van der Waals surface area contributed by atoms with Gasteiger partial charge in [0.25, 0.3) is 0 Å². The molecule has 0 aromatic carbocycles. The number of alkyl halides is 3. The molecular weight excluding hydrogens is 425 g/mol.